The maximum absolute atomic E-state index is 11.3. The van der Waals surface area contributed by atoms with Crippen LogP contribution in [0, 0.1) is 0 Å². The van der Waals surface area contributed by atoms with Crippen molar-refractivity contribution in [2.24, 2.45) is 5.14 Å². The van der Waals surface area contributed by atoms with Crippen LogP contribution in [0.5, 0.6) is 0 Å². The highest BCUT2D eigenvalue weighted by molar-refractivity contribution is 7.89. The predicted octanol–water partition coefficient (Wildman–Crippen LogP) is 3.16. The molecule has 0 aliphatic carbocycles. The average molecular weight is 392 g/mol. The van der Waals surface area contributed by atoms with Crippen molar-refractivity contribution < 1.29 is 8.42 Å². The fraction of sp³-hybridized carbons (Fsp3) is 0. The van der Waals surface area contributed by atoms with Crippen LogP contribution in [0.25, 0.3) is 10.9 Å². The second-order valence-electron chi connectivity index (χ2n) is 6.00. The third-order valence-electron chi connectivity index (χ3n) is 3.97. The molecule has 28 heavy (non-hydrogen) atoms. The Bertz CT molecular complexity index is 1240. The van der Waals surface area contributed by atoms with Gasteiger partial charge in [-0.3, -0.25) is 4.98 Å². The number of primary sulfonamides is 1. The van der Waals surface area contributed by atoms with E-state index in [0.29, 0.717) is 17.5 Å². The lowest BCUT2D eigenvalue weighted by molar-refractivity contribution is 0.598. The van der Waals surface area contributed by atoms with Crippen molar-refractivity contribution in [1.29, 1.82) is 0 Å². The van der Waals surface area contributed by atoms with Crippen molar-refractivity contribution >= 4 is 44.1 Å². The smallest absolute Gasteiger partial charge is 0.238 e. The fourth-order valence-electron chi connectivity index (χ4n) is 2.65. The van der Waals surface area contributed by atoms with Crippen LogP contribution in [-0.4, -0.2) is 23.4 Å². The number of fused-ring (bicyclic) bond motifs is 1. The molecular formula is C19H16N6O2S. The molecule has 0 aliphatic rings. The highest BCUT2D eigenvalue weighted by atomic mass is 32.2. The van der Waals surface area contributed by atoms with Gasteiger partial charge in [-0.2, -0.15) is 4.98 Å². The highest BCUT2D eigenvalue weighted by Gasteiger charge is 2.07. The summed E-state index contributed by atoms with van der Waals surface area (Å²) >= 11 is 0. The number of hydrogen-bond donors (Lipinski definition) is 3. The second-order valence-corrected chi connectivity index (χ2v) is 7.56. The predicted molar refractivity (Wildman–Crippen MR) is 108 cm³/mol. The van der Waals surface area contributed by atoms with E-state index in [1.54, 1.807) is 30.6 Å². The Labute approximate surface area is 161 Å². The molecular weight excluding hydrogens is 376 g/mol. The summed E-state index contributed by atoms with van der Waals surface area (Å²) in [6, 6.07) is 17.5. The van der Waals surface area contributed by atoms with Crippen LogP contribution in [0.2, 0.25) is 0 Å². The van der Waals surface area contributed by atoms with Crippen molar-refractivity contribution in [2.75, 3.05) is 10.6 Å². The van der Waals surface area contributed by atoms with Crippen molar-refractivity contribution in [3.8, 4) is 0 Å². The van der Waals surface area contributed by atoms with Crippen molar-refractivity contribution in [3.05, 3.63) is 73.1 Å². The SMILES string of the molecule is NS(=O)(=O)c1ccc(Nc2nccc(Nc3ccc4ncccc4c3)n2)cc1. The Kier molecular flexibility index (Phi) is 4.60. The minimum atomic E-state index is -3.72. The first kappa shape index (κ1) is 17.8. The summed E-state index contributed by atoms with van der Waals surface area (Å²) in [4.78, 5) is 12.9. The van der Waals surface area contributed by atoms with Crippen molar-refractivity contribution in [1.82, 2.24) is 15.0 Å². The van der Waals surface area contributed by atoms with E-state index in [0.717, 1.165) is 16.6 Å². The monoisotopic (exact) mass is 392 g/mol. The summed E-state index contributed by atoms with van der Waals surface area (Å²) in [7, 11) is -3.72. The van der Waals surface area contributed by atoms with Gasteiger partial charge in [0.1, 0.15) is 5.82 Å². The van der Waals surface area contributed by atoms with Gasteiger partial charge in [0.05, 0.1) is 10.4 Å². The number of pyridine rings is 1. The van der Waals surface area contributed by atoms with E-state index < -0.39 is 10.0 Å². The molecule has 0 amide bonds. The zero-order valence-corrected chi connectivity index (χ0v) is 15.4. The standard InChI is InChI=1S/C19H16N6O2S/c20-28(26,27)16-6-3-14(4-7-16)24-19-22-11-9-18(25-19)23-15-5-8-17-13(12-15)2-1-10-21-17/h1-12H,(H2,20,26,27)(H2,22,23,24,25). The van der Waals surface area contributed by atoms with Gasteiger partial charge >= 0.3 is 0 Å². The Morgan fingerprint density at radius 3 is 2.39 bits per heavy atom. The van der Waals surface area contributed by atoms with E-state index in [1.165, 1.54) is 12.1 Å². The molecule has 9 heteroatoms. The number of rotatable bonds is 5. The fourth-order valence-corrected chi connectivity index (χ4v) is 3.16. The highest BCUT2D eigenvalue weighted by Crippen LogP contribution is 2.21. The van der Waals surface area contributed by atoms with Gasteiger partial charge in [0.15, 0.2) is 0 Å². The van der Waals surface area contributed by atoms with Crippen LogP contribution in [0.4, 0.5) is 23.1 Å². The number of hydrogen-bond acceptors (Lipinski definition) is 7. The zero-order chi connectivity index (χ0) is 19.6. The second kappa shape index (κ2) is 7.22. The molecule has 4 aromatic rings. The van der Waals surface area contributed by atoms with E-state index in [9.17, 15) is 8.42 Å². The normalized spacial score (nSPS) is 11.3. The molecule has 0 aliphatic heterocycles. The topological polar surface area (TPSA) is 123 Å². The quantitative estimate of drug-likeness (QED) is 0.477. The number of nitrogens with two attached hydrogens (primary N) is 1. The van der Waals surface area contributed by atoms with Gasteiger partial charge in [-0.05, 0) is 54.6 Å². The zero-order valence-electron chi connectivity index (χ0n) is 14.6. The summed E-state index contributed by atoms with van der Waals surface area (Å²) in [6.45, 7) is 0. The van der Waals surface area contributed by atoms with Gasteiger partial charge in [-0.25, -0.2) is 18.5 Å². The molecule has 0 atom stereocenters. The van der Waals surface area contributed by atoms with Crippen molar-refractivity contribution in [3.63, 3.8) is 0 Å². The number of sulfonamides is 1. The lowest BCUT2D eigenvalue weighted by Crippen LogP contribution is -2.11. The summed E-state index contributed by atoms with van der Waals surface area (Å²) in [5.74, 6) is 0.984. The third-order valence-corrected chi connectivity index (χ3v) is 4.90. The molecule has 0 bridgehead atoms. The summed E-state index contributed by atoms with van der Waals surface area (Å²) in [5, 5.41) is 12.4. The first-order chi connectivity index (χ1) is 13.5. The molecule has 4 N–H and O–H groups in total. The minimum Gasteiger partial charge on any atom is -0.340 e. The van der Waals surface area contributed by atoms with Gasteiger partial charge < -0.3 is 10.6 Å². The Morgan fingerprint density at radius 2 is 1.61 bits per heavy atom. The molecule has 140 valence electrons. The lowest BCUT2D eigenvalue weighted by Gasteiger charge is -2.09. The summed E-state index contributed by atoms with van der Waals surface area (Å²) < 4.78 is 22.6. The lowest BCUT2D eigenvalue weighted by atomic mass is 10.2. The van der Waals surface area contributed by atoms with Crippen LogP contribution in [0.1, 0.15) is 0 Å². The molecule has 8 nitrogen and oxygen atoms in total. The van der Waals surface area contributed by atoms with Crippen LogP contribution in [-0.2, 0) is 10.0 Å². The van der Waals surface area contributed by atoms with Crippen LogP contribution in [0.15, 0.2) is 78.0 Å². The molecule has 0 fully saturated rings. The molecule has 0 spiro atoms. The molecule has 2 aromatic heterocycles. The van der Waals surface area contributed by atoms with Crippen LogP contribution in [0.3, 0.4) is 0 Å². The van der Waals surface area contributed by atoms with E-state index in [4.69, 9.17) is 5.14 Å². The average Bonchev–Trinajstić information content (AvgIpc) is 2.68. The van der Waals surface area contributed by atoms with E-state index in [1.807, 2.05) is 30.3 Å². The maximum Gasteiger partial charge on any atom is 0.238 e. The molecule has 0 radical (unpaired) electrons. The number of aromatic nitrogens is 3. The summed E-state index contributed by atoms with van der Waals surface area (Å²) in [6.07, 6.45) is 3.38. The van der Waals surface area contributed by atoms with Gasteiger partial charge in [0.2, 0.25) is 16.0 Å². The van der Waals surface area contributed by atoms with Gasteiger partial charge in [0, 0.05) is 29.2 Å². The molecule has 2 aromatic carbocycles. The third kappa shape index (κ3) is 4.05. The number of benzene rings is 2. The first-order valence-corrected chi connectivity index (χ1v) is 9.87. The van der Waals surface area contributed by atoms with Gasteiger partial charge in [0.25, 0.3) is 0 Å². The number of anilines is 4. The minimum absolute atomic E-state index is 0.0418. The molecule has 0 unspecified atom stereocenters. The first-order valence-electron chi connectivity index (χ1n) is 8.32. The Morgan fingerprint density at radius 1 is 0.821 bits per heavy atom. The molecule has 0 saturated carbocycles. The van der Waals surface area contributed by atoms with E-state index >= 15 is 0 Å². The molecule has 2 heterocycles. The van der Waals surface area contributed by atoms with E-state index in [-0.39, 0.29) is 4.90 Å². The van der Waals surface area contributed by atoms with Gasteiger partial charge in [-0.15, -0.1) is 0 Å². The Hall–Kier alpha value is -3.56. The number of nitrogens with one attached hydrogen (secondary N) is 2. The number of nitrogens with zero attached hydrogens (tertiary/aromatic N) is 3. The Balaban J connectivity index is 1.52. The van der Waals surface area contributed by atoms with Crippen LogP contribution >= 0.6 is 0 Å². The molecule has 4 rings (SSSR count). The maximum atomic E-state index is 11.3. The molecule has 0 saturated heterocycles. The largest absolute Gasteiger partial charge is 0.340 e. The van der Waals surface area contributed by atoms with E-state index in [2.05, 4.69) is 25.6 Å². The van der Waals surface area contributed by atoms with Crippen molar-refractivity contribution in [2.45, 2.75) is 4.90 Å². The van der Waals surface area contributed by atoms with Crippen LogP contribution < -0.4 is 15.8 Å². The van der Waals surface area contributed by atoms with Gasteiger partial charge in [-0.1, -0.05) is 6.07 Å². The summed E-state index contributed by atoms with van der Waals surface area (Å²) in [5.41, 5.74) is 2.44.